The molecule has 3 heterocycles. The molecule has 37 heavy (non-hydrogen) atoms. The molecule has 13 nitrogen and oxygen atoms in total. The van der Waals surface area contributed by atoms with E-state index in [0.29, 0.717) is 12.0 Å². The van der Waals surface area contributed by atoms with Crippen LogP contribution in [0.5, 0.6) is 5.75 Å². The molecule has 2 aromatic rings. The van der Waals surface area contributed by atoms with Gasteiger partial charge in [-0.2, -0.15) is 0 Å². The molecule has 0 radical (unpaired) electrons. The minimum Gasteiger partial charge on any atom is -0.467 e. The van der Waals surface area contributed by atoms with Gasteiger partial charge in [0.05, 0.1) is 7.11 Å². The van der Waals surface area contributed by atoms with Crippen molar-refractivity contribution in [1.29, 1.82) is 0 Å². The van der Waals surface area contributed by atoms with E-state index < -0.39 is 54.6 Å². The van der Waals surface area contributed by atoms with E-state index in [-0.39, 0.29) is 17.0 Å². The molecule has 1 fully saturated rings. The molecular formula is C24H28N2O11. The van der Waals surface area contributed by atoms with Crippen molar-refractivity contribution < 1.29 is 47.6 Å². The predicted molar refractivity (Wildman–Crippen MR) is 123 cm³/mol. The lowest BCUT2D eigenvalue weighted by Crippen LogP contribution is -2.64. The summed E-state index contributed by atoms with van der Waals surface area (Å²) >= 11 is 0. The number of hydrogen-bond donors (Lipinski definition) is 0. The molecule has 0 spiro atoms. The zero-order valence-corrected chi connectivity index (χ0v) is 21.0. The number of aromatic nitrogens is 2. The van der Waals surface area contributed by atoms with Crippen molar-refractivity contribution in [3.8, 4) is 5.75 Å². The molecule has 0 bridgehead atoms. The Balaban J connectivity index is 2.10. The Bertz CT molecular complexity index is 1240. The highest BCUT2D eigenvalue weighted by Gasteiger charge is 2.56. The second kappa shape index (κ2) is 11.8. The van der Waals surface area contributed by atoms with E-state index in [1.165, 1.54) is 28.9 Å². The molecule has 200 valence electrons. The topological polar surface area (TPSA) is 158 Å². The first-order valence-electron chi connectivity index (χ1n) is 11.5. The van der Waals surface area contributed by atoms with Crippen LogP contribution in [-0.2, 0) is 49.3 Å². The molecule has 3 rings (SSSR count). The summed E-state index contributed by atoms with van der Waals surface area (Å²) in [4.78, 5) is 65.5. The maximum absolute atomic E-state index is 12.9. The van der Waals surface area contributed by atoms with Gasteiger partial charge >= 0.3 is 23.9 Å². The summed E-state index contributed by atoms with van der Waals surface area (Å²) in [7, 11) is 1.08. The third-order valence-electron chi connectivity index (χ3n) is 5.36. The predicted octanol–water partition coefficient (Wildman–Crippen LogP) is 0.719. The number of hydrogen-bond acceptors (Lipinski definition) is 12. The largest absolute Gasteiger partial charge is 0.467 e. The Labute approximate surface area is 211 Å². The van der Waals surface area contributed by atoms with Gasteiger partial charge in [-0.05, 0) is 18.6 Å². The molecule has 1 aliphatic heterocycles. The van der Waals surface area contributed by atoms with Crippen molar-refractivity contribution in [3.63, 3.8) is 0 Å². The Morgan fingerprint density at radius 2 is 1.62 bits per heavy atom. The maximum Gasteiger partial charge on any atom is 0.339 e. The number of methoxy groups -OCH3 is 1. The van der Waals surface area contributed by atoms with Gasteiger partial charge in [-0.1, -0.05) is 13.3 Å². The first-order chi connectivity index (χ1) is 17.6. The number of fused-ring (bicyclic) bond motifs is 1. The standard InChI is InChI=1S/C24H28N2O11/c1-6-8-15-11-25-21-16(9-7-10-26(21)22(15)30)36-24-20(35-14(4)29)18(34-13(3)28)17(33-12(2)27)19(37-24)23(31)32-5/h7,9-11,17-20,24H,6,8H2,1-5H3/t17?,18?,19?,20-,24-/m1/s1. The van der Waals surface area contributed by atoms with Crippen LogP contribution in [0.3, 0.4) is 0 Å². The average molecular weight is 520 g/mol. The summed E-state index contributed by atoms with van der Waals surface area (Å²) in [5.74, 6) is -3.35. The Hall–Kier alpha value is -4.00. The van der Waals surface area contributed by atoms with Crippen molar-refractivity contribution in [2.24, 2.45) is 0 Å². The van der Waals surface area contributed by atoms with Crippen LogP contribution in [-0.4, -0.2) is 71.1 Å². The summed E-state index contributed by atoms with van der Waals surface area (Å²) in [6.45, 7) is 5.20. The van der Waals surface area contributed by atoms with Crippen LogP contribution in [0, 0.1) is 0 Å². The molecule has 13 heteroatoms. The molecule has 3 unspecified atom stereocenters. The number of esters is 4. The lowest BCUT2D eigenvalue weighted by atomic mass is 9.97. The van der Waals surface area contributed by atoms with Crippen LogP contribution >= 0.6 is 0 Å². The molecule has 0 amide bonds. The van der Waals surface area contributed by atoms with Gasteiger partial charge in [-0.3, -0.25) is 23.6 Å². The van der Waals surface area contributed by atoms with Gasteiger partial charge in [-0.15, -0.1) is 0 Å². The lowest BCUT2D eigenvalue weighted by molar-refractivity contribution is -0.282. The van der Waals surface area contributed by atoms with Gasteiger partial charge in [0.25, 0.3) is 5.56 Å². The van der Waals surface area contributed by atoms with Gasteiger partial charge in [-0.25, -0.2) is 9.78 Å². The molecule has 5 atom stereocenters. The van der Waals surface area contributed by atoms with Gasteiger partial charge in [0, 0.05) is 38.7 Å². The third kappa shape index (κ3) is 6.23. The first-order valence-corrected chi connectivity index (χ1v) is 11.5. The van der Waals surface area contributed by atoms with Crippen LogP contribution in [0.15, 0.2) is 29.3 Å². The molecular weight excluding hydrogens is 492 g/mol. The fourth-order valence-electron chi connectivity index (χ4n) is 3.95. The average Bonchev–Trinajstić information content (AvgIpc) is 2.83. The maximum atomic E-state index is 12.9. The molecule has 0 aliphatic carbocycles. The highest BCUT2D eigenvalue weighted by molar-refractivity contribution is 5.77. The number of nitrogens with zero attached hydrogens (tertiary/aromatic N) is 2. The second-order valence-corrected chi connectivity index (χ2v) is 8.19. The Morgan fingerprint density at radius 3 is 2.22 bits per heavy atom. The van der Waals surface area contributed by atoms with E-state index in [1.54, 1.807) is 0 Å². The number of aryl methyl sites for hydroxylation is 1. The molecule has 2 aromatic heterocycles. The summed E-state index contributed by atoms with van der Waals surface area (Å²) in [5, 5.41) is 0. The van der Waals surface area contributed by atoms with Crippen LogP contribution in [0.2, 0.25) is 0 Å². The second-order valence-electron chi connectivity index (χ2n) is 8.19. The third-order valence-corrected chi connectivity index (χ3v) is 5.36. The SMILES string of the molecule is CCCc1cnc2c(O[C@@H]3OC(C(=O)OC)C(OC(C)=O)C(OC(C)=O)[C@H]3OC(C)=O)cccn2c1=O. The molecule has 0 saturated carbocycles. The molecule has 0 N–H and O–H groups in total. The molecule has 1 aliphatic rings. The van der Waals surface area contributed by atoms with E-state index in [4.69, 9.17) is 28.4 Å². The van der Waals surface area contributed by atoms with E-state index in [1.807, 2.05) is 6.92 Å². The summed E-state index contributed by atoms with van der Waals surface area (Å²) in [5.41, 5.74) is 0.339. The zero-order valence-electron chi connectivity index (χ0n) is 21.0. The normalized spacial score (nSPS) is 23.1. The van der Waals surface area contributed by atoms with E-state index in [9.17, 15) is 24.0 Å². The van der Waals surface area contributed by atoms with Crippen molar-refractivity contribution in [3.05, 3.63) is 40.4 Å². The highest BCUT2D eigenvalue weighted by atomic mass is 16.7. The first kappa shape index (κ1) is 27.6. The Morgan fingerprint density at radius 1 is 1.00 bits per heavy atom. The monoisotopic (exact) mass is 520 g/mol. The lowest BCUT2D eigenvalue weighted by Gasteiger charge is -2.43. The minimum absolute atomic E-state index is 0.0425. The number of carbonyl (C=O) groups is 4. The fraction of sp³-hybridized carbons (Fsp3) is 0.500. The minimum atomic E-state index is -1.61. The summed E-state index contributed by atoms with van der Waals surface area (Å²) < 4.78 is 33.7. The number of carbonyl (C=O) groups excluding carboxylic acids is 4. The fourth-order valence-corrected chi connectivity index (χ4v) is 3.95. The van der Waals surface area contributed by atoms with Crippen LogP contribution < -0.4 is 10.3 Å². The van der Waals surface area contributed by atoms with Gasteiger partial charge in [0.15, 0.2) is 29.7 Å². The Kier molecular flexibility index (Phi) is 8.81. The zero-order chi connectivity index (χ0) is 27.3. The van der Waals surface area contributed by atoms with Crippen molar-refractivity contribution in [2.75, 3.05) is 7.11 Å². The van der Waals surface area contributed by atoms with E-state index in [0.717, 1.165) is 34.3 Å². The smallest absolute Gasteiger partial charge is 0.339 e. The highest BCUT2D eigenvalue weighted by Crippen LogP contribution is 2.32. The van der Waals surface area contributed by atoms with Crippen molar-refractivity contribution in [2.45, 2.75) is 71.2 Å². The van der Waals surface area contributed by atoms with Gasteiger partial charge in [0.2, 0.25) is 12.4 Å². The van der Waals surface area contributed by atoms with Crippen LogP contribution in [0.25, 0.3) is 5.65 Å². The summed E-state index contributed by atoms with van der Waals surface area (Å²) in [6, 6.07) is 3.02. The van der Waals surface area contributed by atoms with E-state index >= 15 is 0 Å². The number of rotatable bonds is 8. The quantitative estimate of drug-likeness (QED) is 0.355. The van der Waals surface area contributed by atoms with E-state index in [2.05, 4.69) is 4.98 Å². The van der Waals surface area contributed by atoms with Gasteiger partial charge in [0.1, 0.15) is 0 Å². The van der Waals surface area contributed by atoms with Crippen molar-refractivity contribution >= 4 is 29.5 Å². The number of ether oxygens (including phenoxy) is 6. The molecule has 1 saturated heterocycles. The number of pyridine rings is 1. The summed E-state index contributed by atoms with van der Waals surface area (Å²) in [6.07, 6.45) is -3.47. The van der Waals surface area contributed by atoms with Crippen LogP contribution in [0.4, 0.5) is 0 Å². The van der Waals surface area contributed by atoms with Gasteiger partial charge < -0.3 is 28.4 Å². The molecule has 0 aromatic carbocycles. The van der Waals surface area contributed by atoms with Crippen LogP contribution in [0.1, 0.15) is 39.7 Å². The van der Waals surface area contributed by atoms with Crippen molar-refractivity contribution in [1.82, 2.24) is 9.38 Å².